The summed E-state index contributed by atoms with van der Waals surface area (Å²) in [6, 6.07) is 0. The molecular formula is C8H16FN3. The van der Waals surface area contributed by atoms with E-state index in [0.29, 0.717) is 18.8 Å². The van der Waals surface area contributed by atoms with Crippen molar-refractivity contribution >= 4 is 5.84 Å². The number of alkyl halides is 1. The van der Waals surface area contributed by atoms with Crippen LogP contribution in [0, 0.1) is 5.41 Å². The van der Waals surface area contributed by atoms with Gasteiger partial charge in [-0.05, 0) is 19.8 Å². The molecule has 1 fully saturated rings. The van der Waals surface area contributed by atoms with Gasteiger partial charge in [-0.25, -0.2) is 10.2 Å². The molecule has 0 aromatic carbocycles. The Morgan fingerprint density at radius 2 is 2.42 bits per heavy atom. The van der Waals surface area contributed by atoms with Crippen LogP contribution in [0.25, 0.3) is 0 Å². The summed E-state index contributed by atoms with van der Waals surface area (Å²) in [6.45, 7) is 4.58. The van der Waals surface area contributed by atoms with Crippen LogP contribution >= 0.6 is 0 Å². The standard InChI is InChI=1S/C8H16FN3/c1-3-4-11-7(12-10)8(2)5-6(8)9/h6H,3-5,10H2,1-2H3,(H,11,12). The summed E-state index contributed by atoms with van der Waals surface area (Å²) < 4.78 is 12.8. The summed E-state index contributed by atoms with van der Waals surface area (Å²) in [5, 5.41) is 0. The molecule has 2 unspecified atom stereocenters. The van der Waals surface area contributed by atoms with Crippen LogP contribution in [0.3, 0.4) is 0 Å². The number of rotatable bonds is 3. The van der Waals surface area contributed by atoms with Gasteiger partial charge in [-0.1, -0.05) is 6.92 Å². The Bertz CT molecular complexity index is 193. The van der Waals surface area contributed by atoms with Crippen LogP contribution in [0.15, 0.2) is 4.99 Å². The largest absolute Gasteiger partial charge is 0.312 e. The molecule has 0 aromatic rings. The van der Waals surface area contributed by atoms with Gasteiger partial charge in [0.05, 0.1) is 5.41 Å². The van der Waals surface area contributed by atoms with Crippen LogP contribution in [0.4, 0.5) is 4.39 Å². The first kappa shape index (κ1) is 9.45. The molecule has 1 aliphatic rings. The molecule has 0 radical (unpaired) electrons. The van der Waals surface area contributed by atoms with Gasteiger partial charge in [0.15, 0.2) is 0 Å². The molecule has 1 aliphatic carbocycles. The summed E-state index contributed by atoms with van der Waals surface area (Å²) in [5.41, 5.74) is 2.05. The van der Waals surface area contributed by atoms with Crippen molar-refractivity contribution in [2.45, 2.75) is 32.9 Å². The fraction of sp³-hybridized carbons (Fsp3) is 0.875. The Balaban J connectivity index is 2.57. The summed E-state index contributed by atoms with van der Waals surface area (Å²) in [5.74, 6) is 5.86. The van der Waals surface area contributed by atoms with Crippen molar-refractivity contribution in [3.8, 4) is 0 Å². The molecule has 0 saturated heterocycles. The number of amidine groups is 1. The Kier molecular flexibility index (Phi) is 2.67. The van der Waals surface area contributed by atoms with Gasteiger partial charge in [0.25, 0.3) is 0 Å². The van der Waals surface area contributed by atoms with E-state index in [1.165, 1.54) is 0 Å². The highest BCUT2D eigenvalue weighted by Gasteiger charge is 2.55. The predicted molar refractivity (Wildman–Crippen MR) is 47.5 cm³/mol. The predicted octanol–water partition coefficient (Wildman–Crippen LogP) is 1.01. The third kappa shape index (κ3) is 1.58. The lowest BCUT2D eigenvalue weighted by atomic mass is 10.1. The maximum Gasteiger partial charge on any atom is 0.119 e. The second-order valence-corrected chi connectivity index (χ2v) is 3.46. The smallest absolute Gasteiger partial charge is 0.119 e. The first-order chi connectivity index (χ1) is 5.65. The first-order valence-corrected chi connectivity index (χ1v) is 4.30. The van der Waals surface area contributed by atoms with E-state index in [9.17, 15) is 4.39 Å². The lowest BCUT2D eigenvalue weighted by molar-refractivity contribution is 0.426. The summed E-state index contributed by atoms with van der Waals surface area (Å²) in [6.07, 6.45) is 0.724. The van der Waals surface area contributed by atoms with Crippen LogP contribution < -0.4 is 11.3 Å². The molecule has 2 atom stereocenters. The molecule has 12 heavy (non-hydrogen) atoms. The van der Waals surface area contributed by atoms with Gasteiger partial charge in [0.1, 0.15) is 12.0 Å². The minimum atomic E-state index is -0.774. The molecule has 70 valence electrons. The molecule has 0 aliphatic heterocycles. The number of aliphatic imine (C=N–C) groups is 1. The molecule has 3 N–H and O–H groups in total. The van der Waals surface area contributed by atoms with Gasteiger partial charge in [-0.3, -0.25) is 4.99 Å². The minimum absolute atomic E-state index is 0.427. The van der Waals surface area contributed by atoms with Crippen molar-refractivity contribution in [1.82, 2.24) is 5.43 Å². The first-order valence-electron chi connectivity index (χ1n) is 4.30. The summed E-state index contributed by atoms with van der Waals surface area (Å²) in [4.78, 5) is 4.19. The zero-order valence-electron chi connectivity index (χ0n) is 7.60. The second kappa shape index (κ2) is 3.39. The minimum Gasteiger partial charge on any atom is -0.312 e. The highest BCUT2D eigenvalue weighted by Crippen LogP contribution is 2.48. The average Bonchev–Trinajstić information content (AvgIpc) is 2.62. The normalized spacial score (nSPS) is 35.0. The number of hydrogen-bond acceptors (Lipinski definition) is 2. The van der Waals surface area contributed by atoms with Gasteiger partial charge in [-0.15, -0.1) is 0 Å². The maximum absolute atomic E-state index is 12.8. The zero-order chi connectivity index (χ0) is 9.19. The third-order valence-electron chi connectivity index (χ3n) is 2.31. The number of nitrogens with two attached hydrogens (primary N) is 1. The quantitative estimate of drug-likeness (QED) is 0.289. The fourth-order valence-electron chi connectivity index (χ4n) is 1.17. The molecular weight excluding hydrogens is 157 g/mol. The van der Waals surface area contributed by atoms with E-state index in [-0.39, 0.29) is 0 Å². The van der Waals surface area contributed by atoms with Crippen LogP contribution in [0.5, 0.6) is 0 Å². The van der Waals surface area contributed by atoms with Crippen LogP contribution in [-0.2, 0) is 0 Å². The number of nitrogens with one attached hydrogen (secondary N) is 1. The lowest BCUT2D eigenvalue weighted by Gasteiger charge is -2.11. The van der Waals surface area contributed by atoms with E-state index in [2.05, 4.69) is 10.4 Å². The monoisotopic (exact) mass is 173 g/mol. The van der Waals surface area contributed by atoms with E-state index < -0.39 is 11.6 Å². The fourth-order valence-corrected chi connectivity index (χ4v) is 1.17. The Morgan fingerprint density at radius 3 is 2.75 bits per heavy atom. The highest BCUT2D eigenvalue weighted by molar-refractivity contribution is 5.90. The van der Waals surface area contributed by atoms with Gasteiger partial charge >= 0.3 is 0 Å². The molecule has 1 saturated carbocycles. The van der Waals surface area contributed by atoms with Crippen LogP contribution in [0.2, 0.25) is 0 Å². The summed E-state index contributed by atoms with van der Waals surface area (Å²) in [7, 11) is 0. The topological polar surface area (TPSA) is 50.4 Å². The van der Waals surface area contributed by atoms with Crippen molar-refractivity contribution in [1.29, 1.82) is 0 Å². The van der Waals surface area contributed by atoms with Crippen molar-refractivity contribution < 1.29 is 4.39 Å². The molecule has 0 amide bonds. The van der Waals surface area contributed by atoms with Crippen molar-refractivity contribution in [2.75, 3.05) is 6.54 Å². The molecule has 0 bridgehead atoms. The van der Waals surface area contributed by atoms with Gasteiger partial charge in [0.2, 0.25) is 0 Å². The van der Waals surface area contributed by atoms with Crippen LogP contribution in [-0.4, -0.2) is 18.6 Å². The van der Waals surface area contributed by atoms with E-state index in [0.717, 1.165) is 6.42 Å². The molecule has 0 aromatic heterocycles. The summed E-state index contributed by atoms with van der Waals surface area (Å²) >= 11 is 0. The number of nitrogens with zero attached hydrogens (tertiary/aromatic N) is 1. The number of hydrogen-bond donors (Lipinski definition) is 2. The maximum atomic E-state index is 12.8. The van der Waals surface area contributed by atoms with Crippen molar-refractivity contribution in [3.05, 3.63) is 0 Å². The van der Waals surface area contributed by atoms with E-state index >= 15 is 0 Å². The molecule has 4 heteroatoms. The van der Waals surface area contributed by atoms with Gasteiger partial charge in [-0.2, -0.15) is 0 Å². The molecule has 3 nitrogen and oxygen atoms in total. The van der Waals surface area contributed by atoms with Crippen molar-refractivity contribution in [2.24, 2.45) is 16.3 Å². The second-order valence-electron chi connectivity index (χ2n) is 3.46. The van der Waals surface area contributed by atoms with Crippen molar-refractivity contribution in [3.63, 3.8) is 0 Å². The van der Waals surface area contributed by atoms with Gasteiger partial charge < -0.3 is 5.43 Å². The van der Waals surface area contributed by atoms with Crippen LogP contribution in [0.1, 0.15) is 26.7 Å². The molecule has 0 spiro atoms. The third-order valence-corrected chi connectivity index (χ3v) is 2.31. The SMILES string of the molecule is CCCN=C(NN)C1(C)CC1F. The number of hydrazine groups is 1. The molecule has 0 heterocycles. The zero-order valence-corrected chi connectivity index (χ0v) is 7.60. The molecule has 1 rings (SSSR count). The Hall–Kier alpha value is -0.640. The number of halogens is 1. The Morgan fingerprint density at radius 1 is 1.83 bits per heavy atom. The van der Waals surface area contributed by atoms with E-state index in [4.69, 9.17) is 5.84 Å². The van der Waals surface area contributed by atoms with E-state index in [1.807, 2.05) is 13.8 Å². The Labute approximate surface area is 72.2 Å². The van der Waals surface area contributed by atoms with E-state index in [1.54, 1.807) is 0 Å². The van der Waals surface area contributed by atoms with Gasteiger partial charge in [0, 0.05) is 6.54 Å². The highest BCUT2D eigenvalue weighted by atomic mass is 19.1. The lowest BCUT2D eigenvalue weighted by Crippen LogP contribution is -2.37. The average molecular weight is 173 g/mol.